The maximum atomic E-state index is 14.0. The molecule has 1 unspecified atom stereocenters. The molecular formula is C30H57FO2. The van der Waals surface area contributed by atoms with Crippen LogP contribution < -0.4 is 0 Å². The fourth-order valence-electron chi connectivity index (χ4n) is 4.46. The van der Waals surface area contributed by atoms with Crippen LogP contribution in [0.2, 0.25) is 0 Å². The molecule has 0 rings (SSSR count). The molecule has 0 N–H and O–H groups in total. The van der Waals surface area contributed by atoms with Crippen LogP contribution in [0.4, 0.5) is 4.39 Å². The molecule has 0 aliphatic heterocycles. The van der Waals surface area contributed by atoms with Crippen LogP contribution in [0.15, 0.2) is 12.7 Å². The average Bonchev–Trinajstić information content (AvgIpc) is 2.82. The largest absolute Gasteiger partial charge is 0.463 e. The highest BCUT2D eigenvalue weighted by molar-refractivity contribution is 5.81. The second-order valence-corrected chi connectivity index (χ2v) is 9.97. The van der Waals surface area contributed by atoms with Crippen LogP contribution in [-0.4, -0.2) is 18.7 Å². The van der Waals surface area contributed by atoms with Gasteiger partial charge in [-0.05, 0) is 19.3 Å². The van der Waals surface area contributed by atoms with Gasteiger partial charge in [-0.2, -0.15) is 0 Å². The molecule has 0 amide bonds. The highest BCUT2D eigenvalue weighted by Crippen LogP contribution is 2.17. The van der Waals surface area contributed by atoms with Crippen LogP contribution >= 0.6 is 0 Å². The van der Waals surface area contributed by atoms with Crippen molar-refractivity contribution >= 4 is 5.97 Å². The number of alkyl halides is 1. The van der Waals surface area contributed by atoms with Crippen LogP contribution in [0, 0.1) is 0 Å². The number of esters is 1. The second-order valence-electron chi connectivity index (χ2n) is 9.97. The fourth-order valence-corrected chi connectivity index (χ4v) is 4.46. The Hall–Kier alpha value is -0.860. The Morgan fingerprint density at radius 2 is 0.970 bits per heavy atom. The first-order chi connectivity index (χ1) is 16.2. The fraction of sp³-hybridized carbons (Fsp3) is 0.900. The first-order valence-electron chi connectivity index (χ1n) is 14.6. The Labute approximate surface area is 206 Å². The van der Waals surface area contributed by atoms with Gasteiger partial charge in [0.1, 0.15) is 6.17 Å². The molecule has 0 saturated carbocycles. The Kier molecular flexibility index (Phi) is 26.7. The minimum Gasteiger partial charge on any atom is -0.463 e. The smallest absolute Gasteiger partial charge is 0.330 e. The summed E-state index contributed by atoms with van der Waals surface area (Å²) in [6.07, 6.45) is 30.3. The molecule has 33 heavy (non-hydrogen) atoms. The molecule has 0 aromatic rings. The van der Waals surface area contributed by atoms with Crippen molar-refractivity contribution in [3.05, 3.63) is 12.7 Å². The molecule has 0 radical (unpaired) electrons. The predicted octanol–water partition coefficient (Wildman–Crippen LogP) is 10.4. The summed E-state index contributed by atoms with van der Waals surface area (Å²) in [5.74, 6) is -0.333. The maximum absolute atomic E-state index is 14.0. The first-order valence-corrected chi connectivity index (χ1v) is 14.6. The Morgan fingerprint density at radius 1 is 0.636 bits per heavy atom. The first kappa shape index (κ1) is 32.1. The molecule has 1 atom stereocenters. The van der Waals surface area contributed by atoms with Crippen LogP contribution in [0.1, 0.15) is 161 Å². The molecule has 0 heterocycles. The molecular weight excluding hydrogens is 411 g/mol. The Morgan fingerprint density at radius 3 is 1.33 bits per heavy atom. The van der Waals surface area contributed by atoms with Gasteiger partial charge < -0.3 is 4.74 Å². The summed E-state index contributed by atoms with van der Waals surface area (Å²) in [6, 6.07) is 0. The third-order valence-corrected chi connectivity index (χ3v) is 6.69. The van der Waals surface area contributed by atoms with Gasteiger partial charge in [-0.1, -0.05) is 148 Å². The molecule has 0 saturated heterocycles. The van der Waals surface area contributed by atoms with E-state index >= 15 is 0 Å². The van der Waals surface area contributed by atoms with Gasteiger partial charge in [-0.15, -0.1) is 0 Å². The molecule has 0 fully saturated rings. The minimum absolute atomic E-state index is 0.333. The number of ether oxygens (including phenoxy) is 1. The second kappa shape index (κ2) is 27.4. The van der Waals surface area contributed by atoms with Crippen molar-refractivity contribution in [1.29, 1.82) is 0 Å². The van der Waals surface area contributed by atoms with Crippen molar-refractivity contribution in [1.82, 2.24) is 0 Å². The summed E-state index contributed by atoms with van der Waals surface area (Å²) in [6.45, 7) is 6.15. The normalized spacial score (nSPS) is 12.1. The van der Waals surface area contributed by atoms with Crippen LogP contribution in [0.25, 0.3) is 0 Å². The van der Waals surface area contributed by atoms with Crippen molar-refractivity contribution in [2.45, 2.75) is 167 Å². The topological polar surface area (TPSA) is 26.3 Å². The lowest BCUT2D eigenvalue weighted by atomic mass is 10.0. The van der Waals surface area contributed by atoms with Gasteiger partial charge in [0.2, 0.25) is 0 Å². The average molecular weight is 469 g/mol. The predicted molar refractivity (Wildman–Crippen MR) is 143 cm³/mol. The summed E-state index contributed by atoms with van der Waals surface area (Å²) in [4.78, 5) is 10.9. The number of hydrogen-bond acceptors (Lipinski definition) is 2. The van der Waals surface area contributed by atoms with E-state index in [1.54, 1.807) is 0 Å². The third kappa shape index (κ3) is 27.3. The third-order valence-electron chi connectivity index (χ3n) is 6.69. The van der Waals surface area contributed by atoms with Crippen LogP contribution in [0.5, 0.6) is 0 Å². The van der Waals surface area contributed by atoms with Gasteiger partial charge in [0.25, 0.3) is 0 Å². The summed E-state index contributed by atoms with van der Waals surface area (Å²) in [5, 5.41) is 0. The maximum Gasteiger partial charge on any atom is 0.330 e. The zero-order chi connectivity index (χ0) is 24.2. The summed E-state index contributed by atoms with van der Waals surface area (Å²) < 4.78 is 19.0. The minimum atomic E-state index is -0.591. The molecule has 3 heteroatoms. The van der Waals surface area contributed by atoms with E-state index in [2.05, 4.69) is 13.5 Å². The Bertz CT molecular complexity index is 410. The van der Waals surface area contributed by atoms with Crippen molar-refractivity contribution in [3.63, 3.8) is 0 Å². The van der Waals surface area contributed by atoms with Gasteiger partial charge in [-0.25, -0.2) is 9.18 Å². The SMILES string of the molecule is C=CC(=O)OCCCCCCCCCC(F)CCCCCCCCCCCCCCCCC. The zero-order valence-electron chi connectivity index (χ0n) is 22.2. The lowest BCUT2D eigenvalue weighted by Crippen LogP contribution is -2.01. The quantitative estimate of drug-likeness (QED) is 0.0680. The van der Waals surface area contributed by atoms with Crippen molar-refractivity contribution < 1.29 is 13.9 Å². The number of carbonyl (C=O) groups is 1. The van der Waals surface area contributed by atoms with Gasteiger partial charge >= 0.3 is 5.97 Å². The number of halogens is 1. The van der Waals surface area contributed by atoms with E-state index in [0.29, 0.717) is 6.61 Å². The van der Waals surface area contributed by atoms with E-state index in [0.717, 1.165) is 44.9 Å². The van der Waals surface area contributed by atoms with Crippen LogP contribution in [0.3, 0.4) is 0 Å². The van der Waals surface area contributed by atoms with E-state index < -0.39 is 6.17 Å². The lowest BCUT2D eigenvalue weighted by Gasteiger charge is -2.08. The number of carbonyl (C=O) groups excluding carboxylic acids is 1. The molecule has 0 bridgehead atoms. The van der Waals surface area contributed by atoms with Gasteiger partial charge in [0.15, 0.2) is 0 Å². The van der Waals surface area contributed by atoms with Gasteiger partial charge in [-0.3, -0.25) is 0 Å². The molecule has 0 aliphatic carbocycles. The van der Waals surface area contributed by atoms with Crippen molar-refractivity contribution in [2.75, 3.05) is 6.61 Å². The Balaban J connectivity index is 3.17. The number of rotatable bonds is 27. The van der Waals surface area contributed by atoms with Crippen molar-refractivity contribution in [2.24, 2.45) is 0 Å². The molecule has 0 aromatic carbocycles. The number of unbranched alkanes of at least 4 members (excludes halogenated alkanes) is 20. The van der Waals surface area contributed by atoms with E-state index in [1.165, 1.54) is 115 Å². The molecule has 0 aliphatic rings. The highest BCUT2D eigenvalue weighted by Gasteiger charge is 2.06. The lowest BCUT2D eigenvalue weighted by molar-refractivity contribution is -0.137. The highest BCUT2D eigenvalue weighted by atomic mass is 19.1. The summed E-state index contributed by atoms with van der Waals surface area (Å²) >= 11 is 0. The standard InChI is InChI=1S/C30H57FO2/c1-3-5-6-7-8-9-10-11-12-13-14-15-17-20-23-26-29(31)27-24-21-18-16-19-22-25-28-33-30(32)4-2/h4,29H,2-3,5-28H2,1H3. The summed E-state index contributed by atoms with van der Waals surface area (Å²) in [7, 11) is 0. The van der Waals surface area contributed by atoms with Gasteiger partial charge in [0, 0.05) is 6.08 Å². The van der Waals surface area contributed by atoms with E-state index in [-0.39, 0.29) is 5.97 Å². The van der Waals surface area contributed by atoms with Crippen molar-refractivity contribution in [3.8, 4) is 0 Å². The molecule has 0 aromatic heterocycles. The monoisotopic (exact) mass is 468 g/mol. The number of hydrogen-bond donors (Lipinski definition) is 0. The molecule has 2 nitrogen and oxygen atoms in total. The van der Waals surface area contributed by atoms with E-state index in [9.17, 15) is 9.18 Å². The summed E-state index contributed by atoms with van der Waals surface area (Å²) in [5.41, 5.74) is 0. The zero-order valence-corrected chi connectivity index (χ0v) is 22.2. The van der Waals surface area contributed by atoms with Crippen LogP contribution in [-0.2, 0) is 9.53 Å². The van der Waals surface area contributed by atoms with E-state index in [1.807, 2.05) is 0 Å². The molecule has 0 spiro atoms. The van der Waals surface area contributed by atoms with E-state index in [4.69, 9.17) is 4.74 Å². The molecule has 196 valence electrons. The van der Waals surface area contributed by atoms with Gasteiger partial charge in [0.05, 0.1) is 6.61 Å².